The van der Waals surface area contributed by atoms with Gasteiger partial charge in [-0.25, -0.2) is 0 Å². The molecular weight excluding hydrogens is 484 g/mol. The van der Waals surface area contributed by atoms with Gasteiger partial charge in [0.05, 0.1) is 11.0 Å². The summed E-state index contributed by atoms with van der Waals surface area (Å²) in [7, 11) is 0. The number of hydrogen-bond donors (Lipinski definition) is 0. The summed E-state index contributed by atoms with van der Waals surface area (Å²) in [4.78, 5) is 9.85. The van der Waals surface area contributed by atoms with Crippen molar-refractivity contribution in [3.63, 3.8) is 0 Å². The molecule has 2 aromatic heterocycles. The van der Waals surface area contributed by atoms with Crippen LogP contribution in [0.5, 0.6) is 0 Å². The lowest BCUT2D eigenvalue weighted by Crippen LogP contribution is -1.93. The van der Waals surface area contributed by atoms with Gasteiger partial charge in [0.25, 0.3) is 0 Å². The van der Waals surface area contributed by atoms with Crippen LogP contribution in [0.1, 0.15) is 11.4 Å². The number of nitrogens with zero attached hydrogens (tertiary/aromatic N) is 2. The monoisotopic (exact) mass is 512 g/mol. The molecule has 0 unspecified atom stereocenters. The van der Waals surface area contributed by atoms with Crippen molar-refractivity contribution in [2.45, 2.75) is 13.8 Å². The summed E-state index contributed by atoms with van der Waals surface area (Å²) in [5.41, 5.74) is 13.4. The van der Waals surface area contributed by atoms with E-state index in [9.17, 15) is 0 Å². The summed E-state index contributed by atoms with van der Waals surface area (Å²) in [5, 5.41) is 2.23. The summed E-state index contributed by atoms with van der Waals surface area (Å²) in [6, 6.07) is 47.7. The molecule has 0 aliphatic carbocycles. The number of fused-ring (bicyclic) bond motifs is 3. The van der Waals surface area contributed by atoms with Gasteiger partial charge in [0.15, 0.2) is 0 Å². The second-order valence-corrected chi connectivity index (χ2v) is 10.4. The second kappa shape index (κ2) is 9.91. The minimum atomic E-state index is 0.954. The highest BCUT2D eigenvalue weighted by atomic mass is 14.8. The van der Waals surface area contributed by atoms with Gasteiger partial charge in [0.1, 0.15) is 0 Å². The van der Waals surface area contributed by atoms with Crippen LogP contribution >= 0.6 is 0 Å². The first-order chi connectivity index (χ1) is 19.6. The van der Waals surface area contributed by atoms with Crippen LogP contribution in [-0.2, 0) is 0 Å². The Kier molecular flexibility index (Phi) is 5.94. The molecule has 0 saturated carbocycles. The van der Waals surface area contributed by atoms with Gasteiger partial charge in [-0.1, -0.05) is 103 Å². The average Bonchev–Trinajstić information content (AvgIpc) is 3.01. The van der Waals surface area contributed by atoms with Crippen molar-refractivity contribution in [3.8, 4) is 44.5 Å². The predicted octanol–water partition coefficient (Wildman–Crippen LogP) is 10.1. The zero-order valence-electron chi connectivity index (χ0n) is 22.6. The van der Waals surface area contributed by atoms with E-state index in [4.69, 9.17) is 9.97 Å². The highest BCUT2D eigenvalue weighted by molar-refractivity contribution is 6.08. The number of aromatic nitrogens is 2. The van der Waals surface area contributed by atoms with E-state index in [-0.39, 0.29) is 0 Å². The topological polar surface area (TPSA) is 25.8 Å². The first-order valence-electron chi connectivity index (χ1n) is 13.7. The lowest BCUT2D eigenvalue weighted by Gasteiger charge is -2.15. The van der Waals surface area contributed by atoms with E-state index in [1.807, 2.05) is 6.92 Å². The number of pyridine rings is 2. The third-order valence-electron chi connectivity index (χ3n) is 7.58. The molecular formula is C38H28N2. The summed E-state index contributed by atoms with van der Waals surface area (Å²) in [5.74, 6) is 0. The van der Waals surface area contributed by atoms with Gasteiger partial charge in [-0.2, -0.15) is 0 Å². The standard InChI is InChI=1S/C38H28N2/c1-25-13-14-31-19-20-35-36(21-26(2)40-38(35)37(31)39-25)34-23-32(28-11-7-4-8-12-28)22-33(24-34)30-17-15-29(16-18-30)27-9-5-3-6-10-27/h3-24H,1-2H3. The Balaban J connectivity index is 1.44. The van der Waals surface area contributed by atoms with Gasteiger partial charge < -0.3 is 0 Å². The van der Waals surface area contributed by atoms with Gasteiger partial charge >= 0.3 is 0 Å². The van der Waals surface area contributed by atoms with Gasteiger partial charge in [-0.15, -0.1) is 0 Å². The average molecular weight is 513 g/mol. The van der Waals surface area contributed by atoms with Crippen molar-refractivity contribution < 1.29 is 0 Å². The van der Waals surface area contributed by atoms with Gasteiger partial charge in [0.2, 0.25) is 0 Å². The first-order valence-corrected chi connectivity index (χ1v) is 13.7. The van der Waals surface area contributed by atoms with Crippen LogP contribution in [0.4, 0.5) is 0 Å². The highest BCUT2D eigenvalue weighted by Crippen LogP contribution is 2.37. The fourth-order valence-corrected chi connectivity index (χ4v) is 5.57. The smallest absolute Gasteiger partial charge is 0.0974 e. The Hall–Kier alpha value is -5.08. The van der Waals surface area contributed by atoms with Crippen LogP contribution in [0.15, 0.2) is 133 Å². The lowest BCUT2D eigenvalue weighted by molar-refractivity contribution is 1.23. The molecule has 2 heteroatoms. The SMILES string of the molecule is Cc1ccc2ccc3c(-c4cc(-c5ccccc5)cc(-c5ccc(-c6ccccc6)cc5)c4)cc(C)nc3c2n1. The number of hydrogen-bond acceptors (Lipinski definition) is 2. The minimum absolute atomic E-state index is 0.954. The second-order valence-electron chi connectivity index (χ2n) is 10.4. The highest BCUT2D eigenvalue weighted by Gasteiger charge is 2.14. The molecule has 0 fully saturated rings. The van der Waals surface area contributed by atoms with Crippen LogP contribution in [0, 0.1) is 13.8 Å². The van der Waals surface area contributed by atoms with Crippen molar-refractivity contribution in [3.05, 3.63) is 145 Å². The van der Waals surface area contributed by atoms with E-state index >= 15 is 0 Å². The normalized spacial score (nSPS) is 11.2. The van der Waals surface area contributed by atoms with Crippen LogP contribution in [0.3, 0.4) is 0 Å². The molecule has 0 aliphatic rings. The maximum absolute atomic E-state index is 4.97. The van der Waals surface area contributed by atoms with Gasteiger partial charge in [-0.3, -0.25) is 9.97 Å². The largest absolute Gasteiger partial charge is 0.251 e. The van der Waals surface area contributed by atoms with E-state index in [0.717, 1.165) is 33.2 Å². The van der Waals surface area contributed by atoms with E-state index in [1.165, 1.54) is 44.5 Å². The van der Waals surface area contributed by atoms with Crippen LogP contribution < -0.4 is 0 Å². The van der Waals surface area contributed by atoms with E-state index < -0.39 is 0 Å². The molecule has 5 aromatic carbocycles. The molecule has 7 aromatic rings. The first kappa shape index (κ1) is 24.0. The molecule has 0 N–H and O–H groups in total. The Labute approximate surface area is 234 Å². The predicted molar refractivity (Wildman–Crippen MR) is 168 cm³/mol. The Morgan fingerprint density at radius 2 is 0.875 bits per heavy atom. The molecule has 2 heterocycles. The van der Waals surface area contributed by atoms with Crippen LogP contribution in [0.2, 0.25) is 0 Å². The van der Waals surface area contributed by atoms with Crippen molar-refractivity contribution in [1.82, 2.24) is 9.97 Å². The maximum atomic E-state index is 4.97. The van der Waals surface area contributed by atoms with Crippen molar-refractivity contribution in [1.29, 1.82) is 0 Å². The lowest BCUT2D eigenvalue weighted by atomic mass is 9.91. The van der Waals surface area contributed by atoms with Crippen molar-refractivity contribution >= 4 is 21.8 Å². The summed E-state index contributed by atoms with van der Waals surface area (Å²) >= 11 is 0. The van der Waals surface area contributed by atoms with E-state index in [0.29, 0.717) is 0 Å². The molecule has 40 heavy (non-hydrogen) atoms. The molecule has 0 bridgehead atoms. The third-order valence-corrected chi connectivity index (χ3v) is 7.58. The molecule has 190 valence electrons. The fraction of sp³-hybridized carbons (Fsp3) is 0.0526. The van der Waals surface area contributed by atoms with Crippen LogP contribution in [-0.4, -0.2) is 9.97 Å². The third kappa shape index (κ3) is 4.44. The zero-order chi connectivity index (χ0) is 27.1. The molecule has 0 aliphatic heterocycles. The van der Waals surface area contributed by atoms with Gasteiger partial charge in [0, 0.05) is 22.2 Å². The number of benzene rings is 5. The van der Waals surface area contributed by atoms with Crippen molar-refractivity contribution in [2.75, 3.05) is 0 Å². The van der Waals surface area contributed by atoms with E-state index in [2.05, 4.69) is 140 Å². The maximum Gasteiger partial charge on any atom is 0.0974 e. The molecule has 0 atom stereocenters. The molecule has 0 amide bonds. The summed E-state index contributed by atoms with van der Waals surface area (Å²) in [6.45, 7) is 4.11. The van der Waals surface area contributed by atoms with Crippen LogP contribution in [0.25, 0.3) is 66.3 Å². The molecule has 0 saturated heterocycles. The molecule has 0 spiro atoms. The van der Waals surface area contributed by atoms with Crippen molar-refractivity contribution in [2.24, 2.45) is 0 Å². The zero-order valence-corrected chi connectivity index (χ0v) is 22.6. The molecule has 7 rings (SSSR count). The number of aryl methyl sites for hydroxylation is 2. The summed E-state index contributed by atoms with van der Waals surface area (Å²) in [6.07, 6.45) is 0. The molecule has 0 radical (unpaired) electrons. The fourth-order valence-electron chi connectivity index (χ4n) is 5.57. The summed E-state index contributed by atoms with van der Waals surface area (Å²) < 4.78 is 0. The van der Waals surface area contributed by atoms with E-state index in [1.54, 1.807) is 0 Å². The quantitative estimate of drug-likeness (QED) is 0.219. The minimum Gasteiger partial charge on any atom is -0.251 e. The Morgan fingerprint density at radius 1 is 0.375 bits per heavy atom. The van der Waals surface area contributed by atoms with Gasteiger partial charge in [-0.05, 0) is 88.7 Å². The number of rotatable bonds is 4. The Morgan fingerprint density at radius 3 is 1.52 bits per heavy atom. The molecule has 2 nitrogen and oxygen atoms in total. The Bertz CT molecular complexity index is 1990.